The van der Waals surface area contributed by atoms with Gasteiger partial charge < -0.3 is 11.1 Å². The van der Waals surface area contributed by atoms with Crippen LogP contribution in [0, 0.1) is 10.1 Å². The van der Waals surface area contributed by atoms with Crippen LogP contribution in [-0.4, -0.2) is 26.8 Å². The average Bonchev–Trinajstić information content (AvgIpc) is 2.63. The first-order valence-electron chi connectivity index (χ1n) is 5.78. The number of nitrogens with one attached hydrogen (secondary N) is 1. The Hall–Kier alpha value is -1.63. The number of hydrogen-bond acceptors (Lipinski definition) is 5. The van der Waals surface area contributed by atoms with E-state index in [2.05, 4.69) is 10.4 Å². The zero-order valence-corrected chi connectivity index (χ0v) is 9.80. The van der Waals surface area contributed by atoms with Crippen LogP contribution in [0.5, 0.6) is 0 Å². The molecule has 1 aliphatic rings. The maximum Gasteiger partial charge on any atom is 0.330 e. The van der Waals surface area contributed by atoms with Gasteiger partial charge in [0, 0.05) is 19.1 Å². The molecule has 1 aromatic heterocycles. The van der Waals surface area contributed by atoms with Crippen LogP contribution in [0.25, 0.3) is 0 Å². The highest BCUT2D eigenvalue weighted by molar-refractivity contribution is 5.55. The van der Waals surface area contributed by atoms with Gasteiger partial charge in [-0.25, -0.2) is 0 Å². The monoisotopic (exact) mass is 239 g/mol. The molecule has 3 N–H and O–H groups in total. The number of nitrogens with zero attached hydrogens (tertiary/aromatic N) is 3. The van der Waals surface area contributed by atoms with E-state index in [0.29, 0.717) is 5.82 Å². The Kier molecular flexibility index (Phi) is 3.28. The normalized spacial score (nSPS) is 24.6. The fraction of sp³-hybridized carbons (Fsp3) is 0.700. The predicted molar refractivity (Wildman–Crippen MR) is 63.7 cm³/mol. The summed E-state index contributed by atoms with van der Waals surface area (Å²) in [7, 11) is 1.67. The minimum absolute atomic E-state index is 0.00488. The van der Waals surface area contributed by atoms with Gasteiger partial charge in [0.15, 0.2) is 0 Å². The molecular formula is C10H17N5O2. The maximum absolute atomic E-state index is 10.8. The largest absolute Gasteiger partial charge is 0.359 e. The summed E-state index contributed by atoms with van der Waals surface area (Å²) in [5.74, 6) is 0.319. The van der Waals surface area contributed by atoms with E-state index in [1.54, 1.807) is 7.05 Å². The van der Waals surface area contributed by atoms with E-state index in [0.717, 1.165) is 25.7 Å². The van der Waals surface area contributed by atoms with Crippen molar-refractivity contribution in [2.45, 2.75) is 37.8 Å². The Bertz CT molecular complexity index is 417. The number of aromatic nitrogens is 2. The SMILES string of the molecule is Cn1cc([N+](=O)[O-])c(NC2CCCCC2N)n1. The van der Waals surface area contributed by atoms with Gasteiger partial charge in [-0.2, -0.15) is 0 Å². The van der Waals surface area contributed by atoms with Crippen molar-refractivity contribution in [3.8, 4) is 0 Å². The van der Waals surface area contributed by atoms with Gasteiger partial charge in [0.25, 0.3) is 0 Å². The fourth-order valence-electron chi connectivity index (χ4n) is 2.23. The van der Waals surface area contributed by atoms with E-state index in [-0.39, 0.29) is 17.8 Å². The molecule has 7 nitrogen and oxygen atoms in total. The molecule has 1 saturated carbocycles. The Balaban J connectivity index is 2.14. The summed E-state index contributed by atoms with van der Waals surface area (Å²) in [5, 5.41) is 18.0. The smallest absolute Gasteiger partial charge is 0.330 e. The molecule has 0 aliphatic heterocycles. The topological polar surface area (TPSA) is 99.0 Å². The lowest BCUT2D eigenvalue weighted by Gasteiger charge is -2.28. The molecular weight excluding hydrogens is 222 g/mol. The van der Waals surface area contributed by atoms with E-state index >= 15 is 0 Å². The van der Waals surface area contributed by atoms with Crippen molar-refractivity contribution in [3.63, 3.8) is 0 Å². The van der Waals surface area contributed by atoms with Crippen molar-refractivity contribution in [1.29, 1.82) is 0 Å². The van der Waals surface area contributed by atoms with E-state index in [1.807, 2.05) is 0 Å². The standard InChI is InChI=1S/C10H17N5O2/c1-14-6-9(15(16)17)10(13-14)12-8-5-3-2-4-7(8)11/h6-8H,2-5,11H2,1H3,(H,12,13). The minimum atomic E-state index is -0.427. The quantitative estimate of drug-likeness (QED) is 0.605. The van der Waals surface area contributed by atoms with E-state index < -0.39 is 4.92 Å². The molecule has 1 aliphatic carbocycles. The Morgan fingerprint density at radius 3 is 2.94 bits per heavy atom. The van der Waals surface area contributed by atoms with Gasteiger partial charge >= 0.3 is 5.69 Å². The summed E-state index contributed by atoms with van der Waals surface area (Å²) in [5.41, 5.74) is 6.00. The summed E-state index contributed by atoms with van der Waals surface area (Å²) in [6.45, 7) is 0. The zero-order chi connectivity index (χ0) is 12.4. The molecule has 1 fully saturated rings. The number of aryl methyl sites for hydroxylation is 1. The summed E-state index contributed by atoms with van der Waals surface area (Å²) in [6.07, 6.45) is 5.53. The minimum Gasteiger partial charge on any atom is -0.359 e. The summed E-state index contributed by atoms with van der Waals surface area (Å²) in [4.78, 5) is 10.4. The van der Waals surface area contributed by atoms with Crippen LogP contribution >= 0.6 is 0 Å². The number of hydrogen-bond donors (Lipinski definition) is 2. The fourth-order valence-corrected chi connectivity index (χ4v) is 2.23. The van der Waals surface area contributed by atoms with E-state index in [9.17, 15) is 10.1 Å². The first-order valence-corrected chi connectivity index (χ1v) is 5.78. The van der Waals surface area contributed by atoms with E-state index in [1.165, 1.54) is 10.9 Å². The Labute approximate surface area is 99.1 Å². The summed E-state index contributed by atoms with van der Waals surface area (Å²) < 4.78 is 1.44. The molecule has 0 radical (unpaired) electrons. The van der Waals surface area contributed by atoms with Gasteiger partial charge in [-0.1, -0.05) is 12.8 Å². The first kappa shape index (κ1) is 11.8. The molecule has 2 atom stereocenters. The second-order valence-corrected chi connectivity index (χ2v) is 4.49. The van der Waals surface area contributed by atoms with Crippen LogP contribution in [0.15, 0.2) is 6.20 Å². The highest BCUT2D eigenvalue weighted by atomic mass is 16.6. The number of nitro groups is 1. The lowest BCUT2D eigenvalue weighted by molar-refractivity contribution is -0.384. The highest BCUT2D eigenvalue weighted by Gasteiger charge is 2.26. The van der Waals surface area contributed by atoms with Gasteiger partial charge in [0.05, 0.1) is 4.92 Å². The van der Waals surface area contributed by atoms with Crippen LogP contribution in [0.1, 0.15) is 25.7 Å². The molecule has 0 saturated heterocycles. The Morgan fingerprint density at radius 1 is 1.59 bits per heavy atom. The third kappa shape index (κ3) is 2.55. The Morgan fingerprint density at radius 2 is 2.29 bits per heavy atom. The van der Waals surface area contributed by atoms with Crippen molar-refractivity contribution < 1.29 is 4.92 Å². The average molecular weight is 239 g/mol. The van der Waals surface area contributed by atoms with Crippen LogP contribution in [0.3, 0.4) is 0 Å². The molecule has 2 unspecified atom stereocenters. The summed E-state index contributed by atoms with van der Waals surface area (Å²) in [6, 6.07) is 0.128. The maximum atomic E-state index is 10.8. The molecule has 0 spiro atoms. The molecule has 1 heterocycles. The van der Waals surface area contributed by atoms with Crippen molar-refractivity contribution in [2.24, 2.45) is 12.8 Å². The molecule has 2 rings (SSSR count). The number of rotatable bonds is 3. The van der Waals surface area contributed by atoms with Crippen LogP contribution < -0.4 is 11.1 Å². The molecule has 0 bridgehead atoms. The van der Waals surface area contributed by atoms with Crippen LogP contribution in [0.2, 0.25) is 0 Å². The van der Waals surface area contributed by atoms with Crippen molar-refractivity contribution in [2.75, 3.05) is 5.32 Å². The second-order valence-electron chi connectivity index (χ2n) is 4.49. The third-order valence-corrected chi connectivity index (χ3v) is 3.15. The van der Waals surface area contributed by atoms with Gasteiger partial charge in [-0.3, -0.25) is 14.8 Å². The number of nitrogens with two attached hydrogens (primary N) is 1. The van der Waals surface area contributed by atoms with Crippen molar-refractivity contribution in [3.05, 3.63) is 16.3 Å². The molecule has 17 heavy (non-hydrogen) atoms. The van der Waals surface area contributed by atoms with E-state index in [4.69, 9.17) is 5.73 Å². The third-order valence-electron chi connectivity index (χ3n) is 3.15. The number of anilines is 1. The van der Waals surface area contributed by atoms with Gasteiger partial charge in [-0.05, 0) is 12.8 Å². The lowest BCUT2D eigenvalue weighted by atomic mass is 9.91. The van der Waals surface area contributed by atoms with Crippen molar-refractivity contribution in [1.82, 2.24) is 9.78 Å². The second kappa shape index (κ2) is 4.70. The zero-order valence-electron chi connectivity index (χ0n) is 9.80. The van der Waals surface area contributed by atoms with Crippen LogP contribution in [-0.2, 0) is 7.05 Å². The molecule has 7 heteroatoms. The first-order chi connectivity index (χ1) is 8.08. The van der Waals surface area contributed by atoms with Gasteiger partial charge in [-0.15, -0.1) is 5.10 Å². The lowest BCUT2D eigenvalue weighted by Crippen LogP contribution is -2.42. The van der Waals surface area contributed by atoms with Crippen LogP contribution in [0.4, 0.5) is 11.5 Å². The predicted octanol–water partition coefficient (Wildman–Crippen LogP) is 1.01. The van der Waals surface area contributed by atoms with Gasteiger partial charge in [0.1, 0.15) is 6.20 Å². The molecule has 94 valence electrons. The van der Waals surface area contributed by atoms with Gasteiger partial charge in [0.2, 0.25) is 5.82 Å². The van der Waals surface area contributed by atoms with Crippen molar-refractivity contribution >= 4 is 11.5 Å². The highest BCUT2D eigenvalue weighted by Crippen LogP contribution is 2.26. The summed E-state index contributed by atoms with van der Waals surface area (Å²) >= 11 is 0. The molecule has 0 aromatic carbocycles. The molecule has 1 aromatic rings. The molecule has 0 amide bonds.